The summed E-state index contributed by atoms with van der Waals surface area (Å²) in [5.74, 6) is -0.293. The van der Waals surface area contributed by atoms with E-state index in [1.165, 1.54) is 25.1 Å². The molecule has 0 saturated carbocycles. The van der Waals surface area contributed by atoms with Crippen molar-refractivity contribution in [1.82, 2.24) is 15.5 Å². The standard InChI is InChI=1S/C19H30F2N4/c1-3-9-25-10-6-18(7-11-25)24-19(22-4-2)23-8-5-15-12-16(20)14-17(21)13-15/h12-14,18H,3-11H2,1-2H3,(H2,22,23,24). The van der Waals surface area contributed by atoms with Crippen molar-refractivity contribution in [3.05, 3.63) is 35.4 Å². The van der Waals surface area contributed by atoms with Crippen molar-refractivity contribution < 1.29 is 8.78 Å². The van der Waals surface area contributed by atoms with Gasteiger partial charge in [-0.05, 0) is 56.8 Å². The lowest BCUT2D eigenvalue weighted by Crippen LogP contribution is -2.48. The third-order valence-electron chi connectivity index (χ3n) is 4.41. The van der Waals surface area contributed by atoms with Crippen LogP contribution in [0.15, 0.2) is 23.2 Å². The number of nitrogens with zero attached hydrogens (tertiary/aromatic N) is 2. The van der Waals surface area contributed by atoms with E-state index in [1.807, 2.05) is 6.92 Å². The molecule has 1 aliphatic heterocycles. The van der Waals surface area contributed by atoms with Gasteiger partial charge in [-0.2, -0.15) is 0 Å². The van der Waals surface area contributed by atoms with Crippen molar-refractivity contribution in [3.63, 3.8) is 0 Å². The molecule has 0 unspecified atom stereocenters. The molecule has 0 aromatic heterocycles. The van der Waals surface area contributed by atoms with Crippen LogP contribution < -0.4 is 10.6 Å². The number of nitrogens with one attached hydrogen (secondary N) is 2. The van der Waals surface area contributed by atoms with Crippen molar-refractivity contribution in [2.24, 2.45) is 4.99 Å². The van der Waals surface area contributed by atoms with Gasteiger partial charge in [0.05, 0.1) is 0 Å². The summed E-state index contributed by atoms with van der Waals surface area (Å²) in [4.78, 5) is 7.05. The fourth-order valence-electron chi connectivity index (χ4n) is 3.18. The zero-order chi connectivity index (χ0) is 18.1. The first-order valence-corrected chi connectivity index (χ1v) is 9.33. The van der Waals surface area contributed by atoms with E-state index in [1.54, 1.807) is 0 Å². The molecule has 0 bridgehead atoms. The van der Waals surface area contributed by atoms with Crippen LogP contribution in [0.5, 0.6) is 0 Å². The van der Waals surface area contributed by atoms with Crippen LogP contribution in [0.2, 0.25) is 0 Å². The van der Waals surface area contributed by atoms with Crippen molar-refractivity contribution >= 4 is 5.96 Å². The topological polar surface area (TPSA) is 39.7 Å². The molecule has 1 aliphatic rings. The number of benzene rings is 1. The van der Waals surface area contributed by atoms with Gasteiger partial charge in [0, 0.05) is 38.3 Å². The van der Waals surface area contributed by atoms with E-state index >= 15 is 0 Å². The third kappa shape index (κ3) is 6.98. The van der Waals surface area contributed by atoms with Gasteiger partial charge in [-0.15, -0.1) is 0 Å². The minimum atomic E-state index is -0.539. The first kappa shape index (κ1) is 19.6. The second-order valence-electron chi connectivity index (χ2n) is 6.55. The second kappa shape index (κ2) is 10.3. The van der Waals surface area contributed by atoms with E-state index in [9.17, 15) is 8.78 Å². The molecule has 0 amide bonds. The summed E-state index contributed by atoms with van der Waals surface area (Å²) in [6.45, 7) is 8.93. The van der Waals surface area contributed by atoms with Crippen LogP contribution in [0.1, 0.15) is 38.7 Å². The van der Waals surface area contributed by atoms with Crippen molar-refractivity contribution in [1.29, 1.82) is 0 Å². The van der Waals surface area contributed by atoms with Gasteiger partial charge >= 0.3 is 0 Å². The lowest BCUT2D eigenvalue weighted by atomic mass is 10.1. The predicted octanol–water partition coefficient (Wildman–Crippen LogP) is 2.94. The fourth-order valence-corrected chi connectivity index (χ4v) is 3.18. The normalized spacial score (nSPS) is 16.9. The molecule has 140 valence electrons. The molecule has 6 heteroatoms. The van der Waals surface area contributed by atoms with Gasteiger partial charge in [0.15, 0.2) is 5.96 Å². The van der Waals surface area contributed by atoms with Gasteiger partial charge in [0.25, 0.3) is 0 Å². The number of likely N-dealkylation sites (tertiary alicyclic amines) is 1. The zero-order valence-electron chi connectivity index (χ0n) is 15.3. The fraction of sp³-hybridized carbons (Fsp3) is 0.632. The smallest absolute Gasteiger partial charge is 0.191 e. The van der Waals surface area contributed by atoms with Crippen LogP contribution in [-0.4, -0.2) is 49.6 Å². The second-order valence-corrected chi connectivity index (χ2v) is 6.55. The van der Waals surface area contributed by atoms with Crippen LogP contribution in [0.4, 0.5) is 8.78 Å². The first-order valence-electron chi connectivity index (χ1n) is 9.33. The SMILES string of the molecule is CCCN1CCC(NC(=NCCc2cc(F)cc(F)c2)NCC)CC1. The Labute approximate surface area is 149 Å². The molecule has 2 N–H and O–H groups in total. The maximum Gasteiger partial charge on any atom is 0.191 e. The summed E-state index contributed by atoms with van der Waals surface area (Å²) in [5.41, 5.74) is 0.630. The molecule has 2 rings (SSSR count). The Morgan fingerprint density at radius 1 is 1.16 bits per heavy atom. The van der Waals surface area contributed by atoms with Crippen molar-refractivity contribution in [3.8, 4) is 0 Å². The average Bonchev–Trinajstić information content (AvgIpc) is 2.56. The minimum Gasteiger partial charge on any atom is -0.357 e. The summed E-state index contributed by atoms with van der Waals surface area (Å²) >= 11 is 0. The monoisotopic (exact) mass is 352 g/mol. The van der Waals surface area contributed by atoms with Crippen LogP contribution >= 0.6 is 0 Å². The quantitative estimate of drug-likeness (QED) is 0.585. The van der Waals surface area contributed by atoms with Gasteiger partial charge in [-0.3, -0.25) is 4.99 Å². The van der Waals surface area contributed by atoms with Gasteiger partial charge in [0.1, 0.15) is 11.6 Å². The highest BCUT2D eigenvalue weighted by molar-refractivity contribution is 5.80. The maximum absolute atomic E-state index is 13.2. The van der Waals surface area contributed by atoms with E-state index in [0.717, 1.165) is 44.5 Å². The summed E-state index contributed by atoms with van der Waals surface area (Å²) in [6.07, 6.45) is 3.93. The number of hydrogen-bond acceptors (Lipinski definition) is 2. The number of piperidine rings is 1. The summed E-state index contributed by atoms with van der Waals surface area (Å²) < 4.78 is 26.5. The summed E-state index contributed by atoms with van der Waals surface area (Å²) in [7, 11) is 0. The zero-order valence-corrected chi connectivity index (χ0v) is 15.3. The minimum absolute atomic E-state index is 0.428. The highest BCUT2D eigenvalue weighted by Crippen LogP contribution is 2.11. The molecule has 0 aliphatic carbocycles. The number of hydrogen-bond donors (Lipinski definition) is 2. The molecule has 0 atom stereocenters. The Kier molecular flexibility index (Phi) is 8.12. The molecular weight excluding hydrogens is 322 g/mol. The molecule has 0 radical (unpaired) electrons. The molecule has 1 aromatic carbocycles. The summed E-state index contributed by atoms with van der Waals surface area (Å²) in [6, 6.07) is 4.05. The van der Waals surface area contributed by atoms with E-state index in [0.29, 0.717) is 24.6 Å². The average molecular weight is 352 g/mol. The van der Waals surface area contributed by atoms with E-state index in [-0.39, 0.29) is 0 Å². The Hall–Kier alpha value is -1.69. The van der Waals surface area contributed by atoms with E-state index in [4.69, 9.17) is 0 Å². The maximum atomic E-state index is 13.2. The predicted molar refractivity (Wildman–Crippen MR) is 98.9 cm³/mol. The van der Waals surface area contributed by atoms with Crippen LogP contribution in [-0.2, 0) is 6.42 Å². The number of aliphatic imine (C=N–C) groups is 1. The Morgan fingerprint density at radius 3 is 2.44 bits per heavy atom. The van der Waals surface area contributed by atoms with Gasteiger partial charge < -0.3 is 15.5 Å². The molecular formula is C19H30F2N4. The molecule has 1 saturated heterocycles. The first-order chi connectivity index (χ1) is 12.1. The lowest BCUT2D eigenvalue weighted by Gasteiger charge is -2.32. The lowest BCUT2D eigenvalue weighted by molar-refractivity contribution is 0.206. The summed E-state index contributed by atoms with van der Waals surface area (Å²) in [5, 5.41) is 6.75. The molecule has 25 heavy (non-hydrogen) atoms. The van der Waals surface area contributed by atoms with Gasteiger partial charge in [-0.25, -0.2) is 8.78 Å². The number of halogens is 2. The highest BCUT2D eigenvalue weighted by Gasteiger charge is 2.19. The van der Waals surface area contributed by atoms with E-state index < -0.39 is 11.6 Å². The third-order valence-corrected chi connectivity index (χ3v) is 4.41. The largest absolute Gasteiger partial charge is 0.357 e. The molecule has 1 aromatic rings. The number of rotatable bonds is 7. The highest BCUT2D eigenvalue weighted by atomic mass is 19.1. The van der Waals surface area contributed by atoms with Crippen molar-refractivity contribution in [2.45, 2.75) is 45.6 Å². The molecule has 1 heterocycles. The Morgan fingerprint density at radius 2 is 1.84 bits per heavy atom. The molecule has 0 spiro atoms. The van der Waals surface area contributed by atoms with Gasteiger partial charge in [0.2, 0.25) is 0 Å². The number of guanidine groups is 1. The van der Waals surface area contributed by atoms with Crippen LogP contribution in [0.3, 0.4) is 0 Å². The Balaban J connectivity index is 1.84. The molecule has 4 nitrogen and oxygen atoms in total. The Bertz CT molecular complexity index is 534. The van der Waals surface area contributed by atoms with Crippen LogP contribution in [0, 0.1) is 11.6 Å². The van der Waals surface area contributed by atoms with Crippen LogP contribution in [0.25, 0.3) is 0 Å². The van der Waals surface area contributed by atoms with Gasteiger partial charge in [-0.1, -0.05) is 6.92 Å². The molecule has 1 fully saturated rings. The van der Waals surface area contributed by atoms with E-state index in [2.05, 4.69) is 27.4 Å². The van der Waals surface area contributed by atoms with Crippen molar-refractivity contribution in [2.75, 3.05) is 32.7 Å².